The van der Waals surface area contributed by atoms with E-state index in [1.54, 1.807) is 0 Å². The van der Waals surface area contributed by atoms with Crippen molar-refractivity contribution >= 4 is 11.9 Å². The van der Waals surface area contributed by atoms with E-state index in [9.17, 15) is 0 Å². The fourth-order valence-corrected chi connectivity index (χ4v) is 2.37. The van der Waals surface area contributed by atoms with Crippen LogP contribution >= 0.6 is 0 Å². The van der Waals surface area contributed by atoms with Crippen molar-refractivity contribution in [2.75, 3.05) is 36.5 Å². The molecule has 1 aliphatic heterocycles. The van der Waals surface area contributed by atoms with E-state index in [1.807, 2.05) is 6.92 Å². The van der Waals surface area contributed by atoms with Crippen molar-refractivity contribution in [3.05, 3.63) is 0 Å². The zero-order chi connectivity index (χ0) is 14.4. The van der Waals surface area contributed by atoms with Crippen LogP contribution in [0.3, 0.4) is 0 Å². The minimum Gasteiger partial charge on any atom is -0.464 e. The van der Waals surface area contributed by atoms with E-state index < -0.39 is 0 Å². The average molecular weight is 279 g/mol. The van der Waals surface area contributed by atoms with Crippen LogP contribution in [0.25, 0.3) is 0 Å². The first-order chi connectivity index (χ1) is 9.72. The smallest absolute Gasteiger partial charge is 0.323 e. The van der Waals surface area contributed by atoms with E-state index in [4.69, 9.17) is 4.74 Å². The number of ether oxygens (including phenoxy) is 1. The van der Waals surface area contributed by atoms with Gasteiger partial charge in [-0.3, -0.25) is 0 Å². The molecule has 2 heterocycles. The number of aromatic nitrogens is 3. The topological polar surface area (TPSA) is 63.2 Å². The number of hydrogen-bond donors (Lipinski definition) is 1. The van der Waals surface area contributed by atoms with Gasteiger partial charge in [-0.1, -0.05) is 13.8 Å². The van der Waals surface area contributed by atoms with E-state index in [-0.39, 0.29) is 0 Å². The second kappa shape index (κ2) is 7.26. The standard InChI is InChI=1S/C14H25N5O/c1-4-8-15-12-16-13(18-14(17-12)20-5-2)19-9-6-7-11(3)10-19/h11H,4-10H2,1-3H3,(H,15,16,17,18). The van der Waals surface area contributed by atoms with Crippen molar-refractivity contribution in [3.8, 4) is 6.01 Å². The Bertz CT molecular complexity index is 426. The maximum atomic E-state index is 5.46. The fraction of sp³-hybridized carbons (Fsp3) is 0.786. The van der Waals surface area contributed by atoms with Crippen LogP contribution in [-0.2, 0) is 0 Å². The Balaban J connectivity index is 2.18. The van der Waals surface area contributed by atoms with Gasteiger partial charge in [-0.15, -0.1) is 0 Å². The summed E-state index contributed by atoms with van der Waals surface area (Å²) in [4.78, 5) is 15.5. The molecule has 6 heteroatoms. The van der Waals surface area contributed by atoms with Crippen LogP contribution in [0.5, 0.6) is 6.01 Å². The number of rotatable bonds is 6. The first-order valence-corrected chi connectivity index (χ1v) is 7.60. The zero-order valence-corrected chi connectivity index (χ0v) is 12.7. The van der Waals surface area contributed by atoms with Crippen LogP contribution in [0, 0.1) is 5.92 Å². The minimum absolute atomic E-state index is 0.411. The first-order valence-electron chi connectivity index (χ1n) is 7.60. The van der Waals surface area contributed by atoms with Gasteiger partial charge in [0.15, 0.2) is 0 Å². The van der Waals surface area contributed by atoms with Crippen LogP contribution in [0.1, 0.15) is 40.0 Å². The van der Waals surface area contributed by atoms with Crippen LogP contribution < -0.4 is 15.0 Å². The van der Waals surface area contributed by atoms with Crippen LogP contribution in [0.2, 0.25) is 0 Å². The Kier molecular flexibility index (Phi) is 5.38. The molecule has 0 aliphatic carbocycles. The van der Waals surface area contributed by atoms with Gasteiger partial charge in [0.2, 0.25) is 11.9 Å². The third-order valence-electron chi connectivity index (χ3n) is 3.35. The van der Waals surface area contributed by atoms with Crippen molar-refractivity contribution < 1.29 is 4.74 Å². The maximum Gasteiger partial charge on any atom is 0.323 e. The molecule has 1 fully saturated rings. The highest BCUT2D eigenvalue weighted by Crippen LogP contribution is 2.22. The number of anilines is 2. The molecule has 20 heavy (non-hydrogen) atoms. The second-order valence-electron chi connectivity index (χ2n) is 5.29. The van der Waals surface area contributed by atoms with Crippen LogP contribution in [-0.4, -0.2) is 41.2 Å². The minimum atomic E-state index is 0.411. The van der Waals surface area contributed by atoms with Gasteiger partial charge in [-0.05, 0) is 32.1 Å². The normalized spacial score (nSPS) is 18.9. The Morgan fingerprint density at radius 2 is 2.15 bits per heavy atom. The summed E-state index contributed by atoms with van der Waals surface area (Å²) in [6.07, 6.45) is 3.50. The van der Waals surface area contributed by atoms with Crippen molar-refractivity contribution in [1.29, 1.82) is 0 Å². The quantitative estimate of drug-likeness (QED) is 0.862. The molecule has 1 saturated heterocycles. The average Bonchev–Trinajstić information content (AvgIpc) is 2.45. The second-order valence-corrected chi connectivity index (χ2v) is 5.29. The highest BCUT2D eigenvalue weighted by Gasteiger charge is 2.20. The third-order valence-corrected chi connectivity index (χ3v) is 3.35. The van der Waals surface area contributed by atoms with Gasteiger partial charge in [0.05, 0.1) is 6.61 Å². The molecule has 0 bridgehead atoms. The first kappa shape index (κ1) is 14.8. The maximum absolute atomic E-state index is 5.46. The monoisotopic (exact) mass is 279 g/mol. The third kappa shape index (κ3) is 3.95. The largest absolute Gasteiger partial charge is 0.464 e. The molecule has 1 aromatic rings. The summed E-state index contributed by atoms with van der Waals surface area (Å²) >= 11 is 0. The molecule has 2 rings (SSSR count). The molecule has 6 nitrogen and oxygen atoms in total. The Morgan fingerprint density at radius 3 is 2.85 bits per heavy atom. The molecule has 0 radical (unpaired) electrons. The molecule has 1 N–H and O–H groups in total. The van der Waals surface area contributed by atoms with Crippen LogP contribution in [0.4, 0.5) is 11.9 Å². The van der Waals surface area contributed by atoms with Crippen molar-refractivity contribution in [1.82, 2.24) is 15.0 Å². The predicted molar refractivity (Wildman–Crippen MR) is 80.4 cm³/mol. The van der Waals surface area contributed by atoms with E-state index in [0.717, 1.165) is 32.0 Å². The van der Waals surface area contributed by atoms with E-state index in [0.29, 0.717) is 24.5 Å². The number of hydrogen-bond acceptors (Lipinski definition) is 6. The molecule has 1 aromatic heterocycles. The number of piperidine rings is 1. The lowest BCUT2D eigenvalue weighted by Crippen LogP contribution is -2.35. The van der Waals surface area contributed by atoms with Crippen molar-refractivity contribution in [3.63, 3.8) is 0 Å². The highest BCUT2D eigenvalue weighted by atomic mass is 16.5. The van der Waals surface area contributed by atoms with Gasteiger partial charge in [-0.25, -0.2) is 0 Å². The Hall–Kier alpha value is -1.59. The predicted octanol–water partition coefficient (Wildman–Crippen LogP) is 2.33. The molecule has 1 aliphatic rings. The molecule has 0 amide bonds. The molecular weight excluding hydrogens is 254 g/mol. The molecule has 1 atom stereocenters. The summed E-state index contributed by atoms with van der Waals surface area (Å²) in [6, 6.07) is 0.411. The lowest BCUT2D eigenvalue weighted by atomic mass is 10.0. The van der Waals surface area contributed by atoms with Gasteiger partial charge in [-0.2, -0.15) is 15.0 Å². The van der Waals surface area contributed by atoms with Crippen molar-refractivity contribution in [2.45, 2.75) is 40.0 Å². The zero-order valence-electron chi connectivity index (χ0n) is 12.7. The molecule has 0 aromatic carbocycles. The fourth-order valence-electron chi connectivity index (χ4n) is 2.37. The van der Waals surface area contributed by atoms with E-state index in [1.165, 1.54) is 12.8 Å². The Labute approximate surface area is 121 Å². The van der Waals surface area contributed by atoms with Crippen molar-refractivity contribution in [2.24, 2.45) is 5.92 Å². The summed E-state index contributed by atoms with van der Waals surface area (Å²) in [6.45, 7) is 9.75. The number of nitrogens with zero attached hydrogens (tertiary/aromatic N) is 4. The van der Waals surface area contributed by atoms with Gasteiger partial charge >= 0.3 is 6.01 Å². The molecular formula is C14H25N5O. The molecule has 112 valence electrons. The van der Waals surface area contributed by atoms with Gasteiger partial charge in [0.1, 0.15) is 0 Å². The van der Waals surface area contributed by atoms with Crippen LogP contribution in [0.15, 0.2) is 0 Å². The van der Waals surface area contributed by atoms with E-state index in [2.05, 4.69) is 39.0 Å². The summed E-state index contributed by atoms with van der Waals surface area (Å²) in [5.41, 5.74) is 0. The lowest BCUT2D eigenvalue weighted by Gasteiger charge is -2.31. The molecule has 1 unspecified atom stereocenters. The summed E-state index contributed by atoms with van der Waals surface area (Å²) in [5.74, 6) is 2.02. The van der Waals surface area contributed by atoms with Gasteiger partial charge < -0.3 is 15.0 Å². The van der Waals surface area contributed by atoms with E-state index >= 15 is 0 Å². The summed E-state index contributed by atoms with van der Waals surface area (Å²) in [7, 11) is 0. The summed E-state index contributed by atoms with van der Waals surface area (Å²) in [5, 5.41) is 3.21. The molecule has 0 saturated carbocycles. The van der Waals surface area contributed by atoms with Gasteiger partial charge in [0.25, 0.3) is 0 Å². The lowest BCUT2D eigenvalue weighted by molar-refractivity contribution is 0.311. The summed E-state index contributed by atoms with van der Waals surface area (Å²) < 4.78 is 5.46. The molecule has 0 spiro atoms. The Morgan fingerprint density at radius 1 is 1.30 bits per heavy atom. The van der Waals surface area contributed by atoms with Gasteiger partial charge in [0, 0.05) is 19.6 Å². The number of nitrogens with one attached hydrogen (secondary N) is 1. The SMILES string of the molecule is CCCNc1nc(OCC)nc(N2CCCC(C)C2)n1. The highest BCUT2D eigenvalue weighted by molar-refractivity contribution is 5.38.